The second kappa shape index (κ2) is 5.41. The van der Waals surface area contributed by atoms with Crippen molar-refractivity contribution in [2.24, 2.45) is 0 Å². The van der Waals surface area contributed by atoms with Gasteiger partial charge in [-0.05, 0) is 19.9 Å². The van der Waals surface area contributed by atoms with E-state index in [1.54, 1.807) is 19.9 Å². The average Bonchev–Trinajstić information content (AvgIpc) is 2.65. The van der Waals surface area contributed by atoms with Gasteiger partial charge in [0.15, 0.2) is 0 Å². The number of nitro groups is 1. The van der Waals surface area contributed by atoms with E-state index in [4.69, 9.17) is 4.74 Å². The molecular formula is C12H12N2O5S. The van der Waals surface area contributed by atoms with Gasteiger partial charge in [-0.2, -0.15) is 0 Å². The number of aryl methyl sites for hydroxylation is 1. The molecule has 0 atom stereocenters. The molecule has 106 valence electrons. The lowest BCUT2D eigenvalue weighted by Crippen LogP contribution is -2.20. The fourth-order valence-corrected chi connectivity index (χ4v) is 2.79. The fraction of sp³-hybridized carbons (Fsp3) is 0.333. The number of hydrogen-bond acceptors (Lipinski definition) is 6. The molecule has 20 heavy (non-hydrogen) atoms. The molecule has 0 aliphatic carbocycles. The lowest BCUT2D eigenvalue weighted by molar-refractivity contribution is -0.385. The maximum Gasteiger partial charge on any atom is 0.326 e. The Kier molecular flexibility index (Phi) is 3.84. The SMILES string of the molecule is CCOC(=O)Cn1c(=O)sc2cc([N+](=O)[O-])c(C)cc21. The summed E-state index contributed by atoms with van der Waals surface area (Å²) < 4.78 is 6.56. The van der Waals surface area contributed by atoms with Crippen molar-refractivity contribution < 1.29 is 14.5 Å². The van der Waals surface area contributed by atoms with E-state index in [9.17, 15) is 19.7 Å². The minimum absolute atomic E-state index is 0.0398. The summed E-state index contributed by atoms with van der Waals surface area (Å²) in [6.07, 6.45) is 0. The zero-order valence-corrected chi connectivity index (χ0v) is 11.7. The molecule has 0 fully saturated rings. The van der Waals surface area contributed by atoms with E-state index in [2.05, 4.69) is 0 Å². The zero-order chi connectivity index (χ0) is 14.9. The average molecular weight is 296 g/mol. The van der Waals surface area contributed by atoms with Crippen LogP contribution in [0.4, 0.5) is 5.69 Å². The van der Waals surface area contributed by atoms with Gasteiger partial charge in [-0.1, -0.05) is 11.3 Å². The third kappa shape index (κ3) is 2.55. The molecule has 0 radical (unpaired) electrons. The number of benzene rings is 1. The second-order valence-corrected chi connectivity index (χ2v) is 5.12. The van der Waals surface area contributed by atoms with Gasteiger partial charge >= 0.3 is 10.8 Å². The summed E-state index contributed by atoms with van der Waals surface area (Å²) in [5, 5.41) is 10.9. The first-order valence-electron chi connectivity index (χ1n) is 5.88. The number of hydrogen-bond donors (Lipinski definition) is 0. The minimum Gasteiger partial charge on any atom is -0.465 e. The van der Waals surface area contributed by atoms with Crippen molar-refractivity contribution in [2.75, 3.05) is 6.61 Å². The van der Waals surface area contributed by atoms with E-state index in [1.807, 2.05) is 0 Å². The van der Waals surface area contributed by atoms with Gasteiger partial charge in [0.2, 0.25) is 0 Å². The number of esters is 1. The van der Waals surface area contributed by atoms with Gasteiger partial charge in [0.1, 0.15) is 6.54 Å². The topological polar surface area (TPSA) is 91.4 Å². The molecule has 0 amide bonds. The first-order chi connectivity index (χ1) is 9.43. The molecule has 0 unspecified atom stereocenters. The molecule has 0 saturated heterocycles. The van der Waals surface area contributed by atoms with Crippen molar-refractivity contribution >= 4 is 33.2 Å². The Balaban J connectivity index is 2.54. The summed E-state index contributed by atoms with van der Waals surface area (Å²) in [7, 11) is 0. The summed E-state index contributed by atoms with van der Waals surface area (Å²) in [6.45, 7) is 3.32. The van der Waals surface area contributed by atoms with Crippen molar-refractivity contribution in [3.05, 3.63) is 37.5 Å². The van der Waals surface area contributed by atoms with E-state index < -0.39 is 10.9 Å². The summed E-state index contributed by atoms with van der Waals surface area (Å²) in [5.41, 5.74) is 0.913. The van der Waals surface area contributed by atoms with Crippen LogP contribution in [-0.2, 0) is 16.1 Å². The summed E-state index contributed by atoms with van der Waals surface area (Å²) in [4.78, 5) is 33.4. The molecule has 8 heteroatoms. The predicted octanol–water partition coefficient (Wildman–Crippen LogP) is 1.84. The zero-order valence-electron chi connectivity index (χ0n) is 10.9. The predicted molar refractivity (Wildman–Crippen MR) is 74.1 cm³/mol. The van der Waals surface area contributed by atoms with E-state index in [0.29, 0.717) is 15.8 Å². The van der Waals surface area contributed by atoms with Crippen molar-refractivity contribution in [2.45, 2.75) is 20.4 Å². The summed E-state index contributed by atoms with van der Waals surface area (Å²) >= 11 is 0.874. The molecular weight excluding hydrogens is 284 g/mol. The normalized spacial score (nSPS) is 10.7. The van der Waals surface area contributed by atoms with Crippen LogP contribution in [0, 0.1) is 17.0 Å². The van der Waals surface area contributed by atoms with Crippen molar-refractivity contribution in [1.29, 1.82) is 0 Å². The maximum absolute atomic E-state index is 11.9. The highest BCUT2D eigenvalue weighted by molar-refractivity contribution is 7.16. The van der Waals surface area contributed by atoms with Gasteiger partial charge in [-0.15, -0.1) is 0 Å². The van der Waals surface area contributed by atoms with Crippen LogP contribution in [0.3, 0.4) is 0 Å². The molecule has 0 aliphatic heterocycles. The van der Waals surface area contributed by atoms with Gasteiger partial charge in [0.25, 0.3) is 5.69 Å². The highest BCUT2D eigenvalue weighted by Crippen LogP contribution is 2.27. The number of thiazole rings is 1. The number of carbonyl (C=O) groups excluding carboxylic acids is 1. The Morgan fingerprint density at radius 1 is 1.50 bits per heavy atom. The maximum atomic E-state index is 11.9. The number of ether oxygens (including phenoxy) is 1. The first kappa shape index (κ1) is 14.2. The number of aromatic nitrogens is 1. The Hall–Kier alpha value is -2.22. The van der Waals surface area contributed by atoms with Gasteiger partial charge in [0, 0.05) is 11.6 Å². The van der Waals surface area contributed by atoms with E-state index in [-0.39, 0.29) is 23.7 Å². The number of carbonyl (C=O) groups is 1. The van der Waals surface area contributed by atoms with E-state index in [1.165, 1.54) is 10.6 Å². The molecule has 2 aromatic rings. The van der Waals surface area contributed by atoms with Gasteiger partial charge < -0.3 is 4.74 Å². The molecule has 1 aromatic heterocycles. The van der Waals surface area contributed by atoms with E-state index >= 15 is 0 Å². The lowest BCUT2D eigenvalue weighted by atomic mass is 10.2. The van der Waals surface area contributed by atoms with Crippen LogP contribution in [0.2, 0.25) is 0 Å². The Morgan fingerprint density at radius 2 is 2.20 bits per heavy atom. The van der Waals surface area contributed by atoms with Gasteiger partial charge in [0.05, 0.1) is 21.7 Å². The van der Waals surface area contributed by atoms with Gasteiger partial charge in [-0.25, -0.2) is 0 Å². The molecule has 0 spiro atoms. The Morgan fingerprint density at radius 3 is 2.80 bits per heavy atom. The molecule has 0 saturated carbocycles. The number of fused-ring (bicyclic) bond motifs is 1. The summed E-state index contributed by atoms with van der Waals surface area (Å²) in [6, 6.07) is 2.91. The molecule has 7 nitrogen and oxygen atoms in total. The van der Waals surface area contributed by atoms with Gasteiger partial charge in [-0.3, -0.25) is 24.3 Å². The number of nitro benzene ring substituents is 1. The van der Waals surface area contributed by atoms with E-state index in [0.717, 1.165) is 11.3 Å². The molecule has 1 heterocycles. The van der Waals surface area contributed by atoms with Crippen molar-refractivity contribution in [3.8, 4) is 0 Å². The first-order valence-corrected chi connectivity index (χ1v) is 6.69. The molecule has 0 bridgehead atoms. The third-order valence-corrected chi connectivity index (χ3v) is 3.72. The van der Waals surface area contributed by atoms with Crippen LogP contribution in [0.5, 0.6) is 0 Å². The van der Waals surface area contributed by atoms with Crippen LogP contribution >= 0.6 is 11.3 Å². The van der Waals surface area contributed by atoms with Crippen LogP contribution < -0.4 is 4.87 Å². The lowest BCUT2D eigenvalue weighted by Gasteiger charge is -2.04. The Bertz CT molecular complexity index is 746. The second-order valence-electron chi connectivity index (χ2n) is 4.12. The Labute approximate surface area is 117 Å². The number of nitrogens with zero attached hydrogens (tertiary/aromatic N) is 2. The minimum atomic E-state index is -0.509. The smallest absolute Gasteiger partial charge is 0.326 e. The molecule has 0 aliphatic rings. The molecule has 0 N–H and O–H groups in total. The number of rotatable bonds is 4. The van der Waals surface area contributed by atoms with Crippen molar-refractivity contribution in [3.63, 3.8) is 0 Å². The molecule has 2 rings (SSSR count). The van der Waals surface area contributed by atoms with Crippen molar-refractivity contribution in [1.82, 2.24) is 4.57 Å². The standard InChI is InChI=1S/C12H12N2O5S/c1-3-19-11(15)6-13-9-4-7(2)8(14(17)18)5-10(9)20-12(13)16/h4-5H,3,6H2,1-2H3. The summed E-state index contributed by atoms with van der Waals surface area (Å²) in [5.74, 6) is -0.509. The quantitative estimate of drug-likeness (QED) is 0.487. The fourth-order valence-electron chi connectivity index (χ4n) is 1.88. The van der Waals surface area contributed by atoms with Crippen LogP contribution in [0.1, 0.15) is 12.5 Å². The monoisotopic (exact) mass is 296 g/mol. The van der Waals surface area contributed by atoms with Crippen LogP contribution in [-0.4, -0.2) is 22.1 Å². The highest BCUT2D eigenvalue weighted by Gasteiger charge is 2.17. The highest BCUT2D eigenvalue weighted by atomic mass is 32.1. The molecule has 1 aromatic carbocycles. The van der Waals surface area contributed by atoms with Crippen LogP contribution in [0.25, 0.3) is 10.2 Å². The largest absolute Gasteiger partial charge is 0.465 e. The third-order valence-electron chi connectivity index (χ3n) is 2.78. The van der Waals surface area contributed by atoms with Crippen LogP contribution in [0.15, 0.2) is 16.9 Å².